The van der Waals surface area contributed by atoms with Gasteiger partial charge in [0.2, 0.25) is 11.8 Å². The average molecular weight is 385 g/mol. The number of hydrogen-bond acceptors (Lipinski definition) is 5. The van der Waals surface area contributed by atoms with E-state index in [1.807, 2.05) is 31.3 Å². The second-order valence-corrected chi connectivity index (χ2v) is 8.44. The van der Waals surface area contributed by atoms with E-state index in [1.165, 1.54) is 4.80 Å². The summed E-state index contributed by atoms with van der Waals surface area (Å²) >= 11 is 0. The van der Waals surface area contributed by atoms with Crippen molar-refractivity contribution in [2.45, 2.75) is 20.4 Å². The topological polar surface area (TPSA) is 80.6 Å². The van der Waals surface area contributed by atoms with Crippen LogP contribution in [0.2, 0.25) is 0 Å². The minimum Gasteiger partial charge on any atom is -0.380 e. The largest absolute Gasteiger partial charge is 0.380 e. The van der Waals surface area contributed by atoms with Gasteiger partial charge in [-0.1, -0.05) is 26.0 Å². The van der Waals surface area contributed by atoms with Crippen molar-refractivity contribution in [2.24, 2.45) is 17.3 Å². The van der Waals surface area contributed by atoms with Gasteiger partial charge in [0.05, 0.1) is 18.6 Å². The lowest BCUT2D eigenvalue weighted by Crippen LogP contribution is -2.48. The Balaban J connectivity index is 1.48. The second-order valence-electron chi connectivity index (χ2n) is 8.44. The van der Waals surface area contributed by atoms with E-state index in [-0.39, 0.29) is 24.3 Å². The fourth-order valence-electron chi connectivity index (χ4n) is 4.43. The third-order valence-electron chi connectivity index (χ3n) is 5.74. The molecule has 0 aliphatic carbocycles. The molecule has 2 aromatic rings. The first kappa shape index (κ1) is 18.9. The number of ether oxygens (including phenoxy) is 1. The van der Waals surface area contributed by atoms with Crippen LogP contribution < -0.4 is 0 Å². The minimum atomic E-state index is -0.623. The third-order valence-corrected chi connectivity index (χ3v) is 5.74. The Morgan fingerprint density at radius 1 is 1.29 bits per heavy atom. The normalized spacial score (nSPS) is 24.1. The number of aromatic nitrogens is 3. The highest BCUT2D eigenvalue weighted by atomic mass is 16.5. The van der Waals surface area contributed by atoms with Gasteiger partial charge >= 0.3 is 0 Å². The molecule has 8 heteroatoms. The number of likely N-dealkylation sites (tertiary alicyclic amines) is 1. The molecule has 1 aromatic heterocycles. The Morgan fingerprint density at radius 3 is 2.61 bits per heavy atom. The molecule has 150 valence electrons. The smallest absolute Gasteiger partial charge is 0.246 e. The molecule has 0 radical (unpaired) electrons. The third kappa shape index (κ3) is 3.26. The number of amides is 2. The van der Waals surface area contributed by atoms with E-state index >= 15 is 0 Å². The second kappa shape index (κ2) is 7.16. The quantitative estimate of drug-likeness (QED) is 0.768. The molecule has 2 atom stereocenters. The molecule has 8 nitrogen and oxygen atoms in total. The van der Waals surface area contributed by atoms with Crippen molar-refractivity contribution in [3.05, 3.63) is 24.3 Å². The van der Waals surface area contributed by atoms with Crippen LogP contribution in [0, 0.1) is 17.3 Å². The zero-order valence-corrected chi connectivity index (χ0v) is 16.7. The highest BCUT2D eigenvalue weighted by molar-refractivity contribution is 5.86. The van der Waals surface area contributed by atoms with Crippen LogP contribution in [0.25, 0.3) is 11.0 Å². The molecule has 28 heavy (non-hydrogen) atoms. The lowest BCUT2D eigenvalue weighted by Gasteiger charge is -2.31. The van der Waals surface area contributed by atoms with E-state index < -0.39 is 5.41 Å². The van der Waals surface area contributed by atoms with Crippen molar-refractivity contribution < 1.29 is 14.3 Å². The summed E-state index contributed by atoms with van der Waals surface area (Å²) in [4.78, 5) is 31.1. The summed E-state index contributed by atoms with van der Waals surface area (Å²) in [6, 6.07) is 7.54. The summed E-state index contributed by atoms with van der Waals surface area (Å²) in [5.41, 5.74) is 0.912. The Bertz CT molecular complexity index is 862. The Morgan fingerprint density at radius 2 is 1.96 bits per heavy atom. The summed E-state index contributed by atoms with van der Waals surface area (Å²) in [6.07, 6.45) is 0. The zero-order chi connectivity index (χ0) is 19.9. The average Bonchev–Trinajstić information content (AvgIpc) is 3.31. The Hall–Kier alpha value is -2.48. The molecule has 1 aromatic carbocycles. The van der Waals surface area contributed by atoms with E-state index in [0.29, 0.717) is 38.8 Å². The van der Waals surface area contributed by atoms with Gasteiger partial charge in [0.15, 0.2) is 0 Å². The van der Waals surface area contributed by atoms with Gasteiger partial charge in [-0.05, 0) is 18.1 Å². The molecule has 0 saturated carbocycles. The highest BCUT2D eigenvalue weighted by Gasteiger charge is 2.57. The molecule has 0 bridgehead atoms. The van der Waals surface area contributed by atoms with Gasteiger partial charge in [-0.2, -0.15) is 15.0 Å². The molecule has 2 aliphatic heterocycles. The van der Waals surface area contributed by atoms with E-state index in [9.17, 15) is 9.59 Å². The molecule has 1 unspecified atom stereocenters. The minimum absolute atomic E-state index is 0.0446. The summed E-state index contributed by atoms with van der Waals surface area (Å²) in [7, 11) is 1.84. The molecule has 0 spiro atoms. The predicted octanol–water partition coefficient (Wildman–Crippen LogP) is 1.02. The first-order valence-corrected chi connectivity index (χ1v) is 9.80. The molecule has 0 N–H and O–H groups in total. The van der Waals surface area contributed by atoms with Crippen LogP contribution in [-0.2, 0) is 20.9 Å². The summed E-state index contributed by atoms with van der Waals surface area (Å²) in [6.45, 7) is 6.81. The first-order valence-electron chi connectivity index (χ1n) is 9.80. The molecule has 2 amide bonds. The molecule has 2 aliphatic rings. The van der Waals surface area contributed by atoms with Crippen LogP contribution in [0.5, 0.6) is 0 Å². The predicted molar refractivity (Wildman–Crippen MR) is 103 cm³/mol. The van der Waals surface area contributed by atoms with Gasteiger partial charge in [-0.15, -0.1) is 0 Å². The Labute approximate surface area is 164 Å². The van der Waals surface area contributed by atoms with Gasteiger partial charge in [0.1, 0.15) is 17.6 Å². The number of carbonyl (C=O) groups is 2. The Kier molecular flexibility index (Phi) is 4.82. The molecule has 2 saturated heterocycles. The molecule has 2 fully saturated rings. The monoisotopic (exact) mass is 385 g/mol. The van der Waals surface area contributed by atoms with Crippen molar-refractivity contribution in [2.75, 3.05) is 39.9 Å². The van der Waals surface area contributed by atoms with Gasteiger partial charge < -0.3 is 14.5 Å². The SMILES string of the molecule is CC(C)CN(C)C(=O)[C@]12COCC1CN(C(=O)Cn1nc3ccccc3n1)C2. The maximum atomic E-state index is 13.2. The maximum Gasteiger partial charge on any atom is 0.246 e. The van der Waals surface area contributed by atoms with Crippen molar-refractivity contribution in [3.63, 3.8) is 0 Å². The van der Waals surface area contributed by atoms with Gasteiger partial charge in [0, 0.05) is 32.6 Å². The highest BCUT2D eigenvalue weighted by Crippen LogP contribution is 2.42. The van der Waals surface area contributed by atoms with Crippen LogP contribution in [0.4, 0.5) is 0 Å². The number of rotatable bonds is 5. The number of benzene rings is 1. The van der Waals surface area contributed by atoms with E-state index in [1.54, 1.807) is 9.80 Å². The molecular formula is C20H27N5O3. The number of hydrogen-bond donors (Lipinski definition) is 0. The van der Waals surface area contributed by atoms with E-state index in [4.69, 9.17) is 4.74 Å². The summed E-state index contributed by atoms with van der Waals surface area (Å²) in [5, 5.41) is 8.74. The lowest BCUT2D eigenvalue weighted by atomic mass is 9.79. The maximum absolute atomic E-state index is 13.2. The van der Waals surface area contributed by atoms with Crippen molar-refractivity contribution in [1.29, 1.82) is 0 Å². The van der Waals surface area contributed by atoms with Crippen LogP contribution >= 0.6 is 0 Å². The lowest BCUT2D eigenvalue weighted by molar-refractivity contribution is -0.142. The zero-order valence-electron chi connectivity index (χ0n) is 16.7. The van der Waals surface area contributed by atoms with Crippen molar-refractivity contribution in [1.82, 2.24) is 24.8 Å². The van der Waals surface area contributed by atoms with Crippen LogP contribution in [0.1, 0.15) is 13.8 Å². The first-order chi connectivity index (χ1) is 13.4. The number of carbonyl (C=O) groups excluding carboxylic acids is 2. The van der Waals surface area contributed by atoms with Gasteiger partial charge in [-0.25, -0.2) is 0 Å². The van der Waals surface area contributed by atoms with Crippen LogP contribution in [-0.4, -0.2) is 76.5 Å². The van der Waals surface area contributed by atoms with Crippen LogP contribution in [0.15, 0.2) is 24.3 Å². The van der Waals surface area contributed by atoms with Crippen LogP contribution in [0.3, 0.4) is 0 Å². The van der Waals surface area contributed by atoms with E-state index in [2.05, 4.69) is 24.0 Å². The van der Waals surface area contributed by atoms with Crippen molar-refractivity contribution in [3.8, 4) is 0 Å². The molecule has 3 heterocycles. The number of nitrogens with zero attached hydrogens (tertiary/aromatic N) is 5. The molecule has 4 rings (SSSR count). The van der Waals surface area contributed by atoms with Gasteiger partial charge in [-0.3, -0.25) is 9.59 Å². The fraction of sp³-hybridized carbons (Fsp3) is 0.600. The standard InChI is InChI=1S/C20H27N5O3/c1-14(2)8-23(3)19(27)20-12-24(9-15(20)11-28-13-20)18(26)10-25-21-16-6-4-5-7-17(16)22-25/h4-7,14-15H,8-13H2,1-3H3/t15?,20-/m1/s1. The van der Waals surface area contributed by atoms with Crippen molar-refractivity contribution >= 4 is 22.8 Å². The molecular weight excluding hydrogens is 358 g/mol. The summed E-state index contributed by atoms with van der Waals surface area (Å²) in [5.74, 6) is 0.462. The summed E-state index contributed by atoms with van der Waals surface area (Å²) < 4.78 is 5.66. The van der Waals surface area contributed by atoms with Gasteiger partial charge in [0.25, 0.3) is 0 Å². The number of fused-ring (bicyclic) bond motifs is 2. The fourth-order valence-corrected chi connectivity index (χ4v) is 4.43. The van der Waals surface area contributed by atoms with E-state index in [0.717, 1.165) is 11.0 Å².